The first-order valence-electron chi connectivity index (χ1n) is 7.62. The van der Waals surface area contributed by atoms with Gasteiger partial charge in [0.05, 0.1) is 12.8 Å². The molecule has 5 heteroatoms. The number of hydrogen-bond acceptors (Lipinski definition) is 4. The zero-order valence-electron chi connectivity index (χ0n) is 13.1. The second kappa shape index (κ2) is 7.76. The summed E-state index contributed by atoms with van der Waals surface area (Å²) in [6, 6.07) is 0. The van der Waals surface area contributed by atoms with Crippen LogP contribution >= 0.6 is 0 Å². The number of hydrogen-bond donors (Lipinski definition) is 0. The van der Waals surface area contributed by atoms with Crippen molar-refractivity contribution in [3.8, 4) is 0 Å². The van der Waals surface area contributed by atoms with Crippen molar-refractivity contribution in [3.63, 3.8) is 0 Å². The molecule has 0 unspecified atom stereocenters. The molecule has 1 aliphatic heterocycles. The van der Waals surface area contributed by atoms with E-state index in [-0.39, 0.29) is 0 Å². The number of methoxy groups -OCH3 is 1. The molecule has 1 aliphatic rings. The Kier molecular flexibility index (Phi) is 6.01. The molecule has 0 amide bonds. The van der Waals surface area contributed by atoms with Crippen molar-refractivity contribution in [2.45, 2.75) is 26.4 Å². The quantitative estimate of drug-likeness (QED) is 0.719. The maximum atomic E-state index is 5.15. The summed E-state index contributed by atoms with van der Waals surface area (Å²) >= 11 is 0. The SMILES string of the molecule is CCn1cc(CN(C)C[C@@H]2CCN(CCOC)C2)cn1. The Labute approximate surface area is 122 Å². The molecule has 20 heavy (non-hydrogen) atoms. The zero-order valence-corrected chi connectivity index (χ0v) is 13.1. The average molecular weight is 280 g/mol. The van der Waals surface area contributed by atoms with Gasteiger partial charge in [-0.1, -0.05) is 0 Å². The Morgan fingerprint density at radius 1 is 1.50 bits per heavy atom. The molecule has 0 saturated carbocycles. The van der Waals surface area contributed by atoms with Gasteiger partial charge in [-0.15, -0.1) is 0 Å². The summed E-state index contributed by atoms with van der Waals surface area (Å²) < 4.78 is 7.14. The summed E-state index contributed by atoms with van der Waals surface area (Å²) in [5, 5.41) is 4.33. The van der Waals surface area contributed by atoms with Crippen LogP contribution in [0, 0.1) is 5.92 Å². The Hall–Kier alpha value is -0.910. The molecule has 0 bridgehead atoms. The number of aryl methyl sites for hydroxylation is 1. The predicted octanol–water partition coefficient (Wildman–Crippen LogP) is 1.30. The Bertz CT molecular complexity index is 393. The summed E-state index contributed by atoms with van der Waals surface area (Å²) in [6.07, 6.45) is 5.44. The third-order valence-corrected chi connectivity index (χ3v) is 4.01. The molecule has 1 atom stereocenters. The van der Waals surface area contributed by atoms with Crippen molar-refractivity contribution < 1.29 is 4.74 Å². The van der Waals surface area contributed by atoms with Gasteiger partial charge in [0.2, 0.25) is 0 Å². The van der Waals surface area contributed by atoms with Gasteiger partial charge in [0.25, 0.3) is 0 Å². The molecule has 2 heterocycles. The molecular weight excluding hydrogens is 252 g/mol. The largest absolute Gasteiger partial charge is 0.383 e. The first-order valence-corrected chi connectivity index (χ1v) is 7.62. The monoisotopic (exact) mass is 280 g/mol. The molecule has 5 nitrogen and oxygen atoms in total. The van der Waals surface area contributed by atoms with E-state index in [9.17, 15) is 0 Å². The fourth-order valence-electron chi connectivity index (χ4n) is 2.96. The summed E-state index contributed by atoms with van der Waals surface area (Å²) in [6.45, 7) is 9.57. The highest BCUT2D eigenvalue weighted by atomic mass is 16.5. The molecule has 1 aromatic rings. The van der Waals surface area contributed by atoms with Gasteiger partial charge in [-0.25, -0.2) is 0 Å². The van der Waals surface area contributed by atoms with Gasteiger partial charge in [0.15, 0.2) is 0 Å². The number of ether oxygens (including phenoxy) is 1. The topological polar surface area (TPSA) is 33.5 Å². The molecule has 0 spiro atoms. The van der Waals surface area contributed by atoms with Crippen molar-refractivity contribution in [2.75, 3.05) is 46.9 Å². The van der Waals surface area contributed by atoms with Crippen LogP contribution in [0.2, 0.25) is 0 Å². The molecule has 1 aromatic heterocycles. The maximum Gasteiger partial charge on any atom is 0.0589 e. The molecule has 114 valence electrons. The smallest absolute Gasteiger partial charge is 0.0589 e. The predicted molar refractivity (Wildman–Crippen MR) is 80.7 cm³/mol. The average Bonchev–Trinajstić information content (AvgIpc) is 3.05. The van der Waals surface area contributed by atoms with Crippen molar-refractivity contribution in [3.05, 3.63) is 18.0 Å². The van der Waals surface area contributed by atoms with Crippen LogP contribution in [0.5, 0.6) is 0 Å². The highest BCUT2D eigenvalue weighted by molar-refractivity contribution is 5.03. The van der Waals surface area contributed by atoms with Gasteiger partial charge in [-0.05, 0) is 32.9 Å². The van der Waals surface area contributed by atoms with E-state index in [1.165, 1.54) is 31.6 Å². The van der Waals surface area contributed by atoms with Crippen LogP contribution in [-0.2, 0) is 17.8 Å². The van der Waals surface area contributed by atoms with E-state index in [0.29, 0.717) is 0 Å². The number of likely N-dealkylation sites (tertiary alicyclic amines) is 1. The lowest BCUT2D eigenvalue weighted by Gasteiger charge is -2.21. The van der Waals surface area contributed by atoms with Crippen LogP contribution in [0.25, 0.3) is 0 Å². The molecule has 0 aromatic carbocycles. The second-order valence-corrected chi connectivity index (χ2v) is 5.85. The van der Waals surface area contributed by atoms with E-state index < -0.39 is 0 Å². The third kappa shape index (κ3) is 4.58. The van der Waals surface area contributed by atoms with Gasteiger partial charge in [-0.3, -0.25) is 4.68 Å². The first kappa shape index (κ1) is 15.5. The summed E-state index contributed by atoms with van der Waals surface area (Å²) in [7, 11) is 3.99. The fraction of sp³-hybridized carbons (Fsp3) is 0.800. The third-order valence-electron chi connectivity index (χ3n) is 4.01. The van der Waals surface area contributed by atoms with Gasteiger partial charge >= 0.3 is 0 Å². The van der Waals surface area contributed by atoms with E-state index in [1.54, 1.807) is 7.11 Å². The van der Waals surface area contributed by atoms with Crippen molar-refractivity contribution in [1.82, 2.24) is 19.6 Å². The minimum atomic E-state index is 0.790. The lowest BCUT2D eigenvalue weighted by Crippen LogP contribution is -2.29. The Morgan fingerprint density at radius 2 is 2.35 bits per heavy atom. The lowest BCUT2D eigenvalue weighted by atomic mass is 10.1. The number of aromatic nitrogens is 2. The van der Waals surface area contributed by atoms with Crippen LogP contribution in [-0.4, -0.2) is 66.5 Å². The van der Waals surface area contributed by atoms with Crippen LogP contribution < -0.4 is 0 Å². The maximum absolute atomic E-state index is 5.15. The summed E-state index contributed by atoms with van der Waals surface area (Å²) in [5.41, 5.74) is 1.31. The van der Waals surface area contributed by atoms with E-state index >= 15 is 0 Å². The Balaban J connectivity index is 1.70. The molecule has 1 saturated heterocycles. The van der Waals surface area contributed by atoms with Crippen molar-refractivity contribution >= 4 is 0 Å². The number of rotatable bonds is 8. The molecule has 0 aliphatic carbocycles. The van der Waals surface area contributed by atoms with Crippen LogP contribution in [0.1, 0.15) is 18.9 Å². The first-order chi connectivity index (χ1) is 9.71. The Morgan fingerprint density at radius 3 is 3.05 bits per heavy atom. The second-order valence-electron chi connectivity index (χ2n) is 5.85. The highest BCUT2D eigenvalue weighted by Gasteiger charge is 2.23. The minimum Gasteiger partial charge on any atom is -0.383 e. The standard InChI is InChI=1S/C15H28N4O/c1-4-19-13-15(9-16-19)11-17(2)10-14-5-6-18(12-14)7-8-20-3/h9,13-14H,4-8,10-12H2,1-3H3/t14-/m0/s1. The van der Waals surface area contributed by atoms with Gasteiger partial charge in [0, 0.05) is 51.6 Å². The van der Waals surface area contributed by atoms with Crippen molar-refractivity contribution in [2.24, 2.45) is 5.92 Å². The van der Waals surface area contributed by atoms with Gasteiger partial charge in [0.1, 0.15) is 0 Å². The number of nitrogens with zero attached hydrogens (tertiary/aromatic N) is 4. The van der Waals surface area contributed by atoms with Crippen molar-refractivity contribution in [1.29, 1.82) is 0 Å². The van der Waals surface area contributed by atoms with Gasteiger partial charge < -0.3 is 14.5 Å². The van der Waals surface area contributed by atoms with E-state index in [1.807, 2.05) is 10.9 Å². The van der Waals surface area contributed by atoms with E-state index in [0.717, 1.165) is 32.2 Å². The van der Waals surface area contributed by atoms with Crippen LogP contribution in [0.15, 0.2) is 12.4 Å². The van der Waals surface area contributed by atoms with Crippen LogP contribution in [0.3, 0.4) is 0 Å². The molecule has 0 N–H and O–H groups in total. The van der Waals surface area contributed by atoms with E-state index in [4.69, 9.17) is 4.74 Å². The normalized spacial score (nSPS) is 20.1. The highest BCUT2D eigenvalue weighted by Crippen LogP contribution is 2.17. The van der Waals surface area contributed by atoms with Gasteiger partial charge in [-0.2, -0.15) is 5.10 Å². The summed E-state index contributed by atoms with van der Waals surface area (Å²) in [4.78, 5) is 4.93. The molecule has 2 rings (SSSR count). The molecular formula is C15H28N4O. The molecule has 1 fully saturated rings. The minimum absolute atomic E-state index is 0.790. The fourth-order valence-corrected chi connectivity index (χ4v) is 2.96. The zero-order chi connectivity index (χ0) is 14.4. The lowest BCUT2D eigenvalue weighted by molar-refractivity contribution is 0.157. The van der Waals surface area contributed by atoms with Crippen LogP contribution in [0.4, 0.5) is 0 Å². The molecule has 0 radical (unpaired) electrons. The summed E-state index contributed by atoms with van der Waals surface area (Å²) in [5.74, 6) is 0.790. The van der Waals surface area contributed by atoms with E-state index in [2.05, 4.69) is 35.1 Å².